The molecule has 0 radical (unpaired) electrons. The topological polar surface area (TPSA) is 103 Å². The van der Waals surface area contributed by atoms with E-state index in [-0.39, 0.29) is 24.8 Å². The van der Waals surface area contributed by atoms with Gasteiger partial charge in [-0.05, 0) is 24.1 Å². The van der Waals surface area contributed by atoms with Gasteiger partial charge in [-0.3, -0.25) is 4.99 Å². The molecule has 1 aromatic carbocycles. The molecule has 1 saturated heterocycles. The summed E-state index contributed by atoms with van der Waals surface area (Å²) in [5.74, 6) is -0.0610. The van der Waals surface area contributed by atoms with Crippen LogP contribution in [0.4, 0.5) is 20.7 Å². The van der Waals surface area contributed by atoms with Gasteiger partial charge in [0.2, 0.25) is 0 Å². The van der Waals surface area contributed by atoms with Crippen LogP contribution in [0.1, 0.15) is 11.1 Å². The Morgan fingerprint density at radius 2 is 2.41 bits per heavy atom. The molecule has 1 fully saturated rings. The number of hydrogen-bond acceptors (Lipinski definition) is 7. The fourth-order valence-electron chi connectivity index (χ4n) is 2.57. The zero-order chi connectivity index (χ0) is 19.2. The minimum atomic E-state index is -0.483. The van der Waals surface area contributed by atoms with Gasteiger partial charge >= 0.3 is 6.09 Å². The van der Waals surface area contributed by atoms with Crippen LogP contribution in [0.2, 0.25) is 0 Å². The summed E-state index contributed by atoms with van der Waals surface area (Å²) in [6.45, 7) is 2.71. The van der Waals surface area contributed by atoms with Crippen LogP contribution < -0.4 is 5.73 Å². The van der Waals surface area contributed by atoms with Crippen LogP contribution in [0.5, 0.6) is 0 Å². The number of halogens is 1. The maximum atomic E-state index is 13.6. The van der Waals surface area contributed by atoms with Crippen molar-refractivity contribution >= 4 is 23.8 Å². The van der Waals surface area contributed by atoms with Crippen molar-refractivity contribution in [2.45, 2.75) is 19.6 Å². The highest BCUT2D eigenvalue weighted by Gasteiger charge is 2.24. The molecule has 142 valence electrons. The van der Waals surface area contributed by atoms with E-state index in [2.05, 4.69) is 15.0 Å². The third-order valence-corrected chi connectivity index (χ3v) is 4.19. The minimum Gasteiger partial charge on any atom is -0.445 e. The van der Waals surface area contributed by atoms with Crippen LogP contribution in [-0.2, 0) is 16.1 Å². The highest BCUT2D eigenvalue weighted by molar-refractivity contribution is 5.73. The summed E-state index contributed by atoms with van der Waals surface area (Å²) in [4.78, 5) is 25.8. The standard InChI is InChI=1S/C18H20FN5O3/c1-12-13(3-2-4-15(12)19)10-27-18(25)24-5-6-26-14(9-24)7-22-16-8-21-11-23-17(16)20/h2-4,7-8,11,14H,5-6,9-10H2,1H3,(H2,20,21,23)/t14-/m1/s1. The van der Waals surface area contributed by atoms with Gasteiger partial charge in [0.1, 0.15) is 30.5 Å². The van der Waals surface area contributed by atoms with Crippen LogP contribution in [0.15, 0.2) is 35.7 Å². The van der Waals surface area contributed by atoms with Crippen LogP contribution >= 0.6 is 0 Å². The van der Waals surface area contributed by atoms with E-state index in [1.54, 1.807) is 25.3 Å². The Morgan fingerprint density at radius 3 is 3.22 bits per heavy atom. The number of hydrogen-bond donors (Lipinski definition) is 1. The molecule has 1 aromatic heterocycles. The Labute approximate surface area is 155 Å². The maximum Gasteiger partial charge on any atom is 0.410 e. The number of anilines is 1. The van der Waals surface area contributed by atoms with Gasteiger partial charge in [-0.2, -0.15) is 0 Å². The van der Waals surface area contributed by atoms with Gasteiger partial charge in [0.05, 0.1) is 19.3 Å². The number of nitrogens with two attached hydrogens (primary N) is 1. The van der Waals surface area contributed by atoms with Crippen molar-refractivity contribution in [3.05, 3.63) is 47.7 Å². The number of amides is 1. The van der Waals surface area contributed by atoms with Gasteiger partial charge in [0.25, 0.3) is 0 Å². The second-order valence-corrected chi connectivity index (χ2v) is 6.01. The van der Waals surface area contributed by atoms with Crippen LogP contribution in [0, 0.1) is 12.7 Å². The van der Waals surface area contributed by atoms with Gasteiger partial charge in [-0.25, -0.2) is 19.2 Å². The Bertz CT molecular complexity index is 845. The first kappa shape index (κ1) is 18.7. The second kappa shape index (κ2) is 8.54. The molecule has 1 aliphatic rings. The maximum absolute atomic E-state index is 13.6. The lowest BCUT2D eigenvalue weighted by Crippen LogP contribution is -2.46. The number of carbonyl (C=O) groups is 1. The van der Waals surface area contributed by atoms with Crippen LogP contribution in [0.25, 0.3) is 0 Å². The van der Waals surface area contributed by atoms with Crippen molar-refractivity contribution in [2.75, 3.05) is 25.4 Å². The third-order valence-electron chi connectivity index (χ3n) is 4.19. The summed E-state index contributed by atoms with van der Waals surface area (Å²) in [6, 6.07) is 4.69. The number of ether oxygens (including phenoxy) is 2. The molecular formula is C18H20FN5O3. The van der Waals surface area contributed by atoms with Gasteiger partial charge in [0.15, 0.2) is 5.82 Å². The number of morpholine rings is 1. The summed E-state index contributed by atoms with van der Waals surface area (Å²) in [7, 11) is 0. The van der Waals surface area contributed by atoms with Gasteiger partial charge < -0.3 is 20.1 Å². The molecule has 0 aliphatic carbocycles. The monoisotopic (exact) mass is 373 g/mol. The van der Waals surface area contributed by atoms with E-state index >= 15 is 0 Å². The van der Waals surface area contributed by atoms with Crippen molar-refractivity contribution in [3.8, 4) is 0 Å². The molecule has 8 nitrogen and oxygen atoms in total. The van der Waals surface area contributed by atoms with E-state index < -0.39 is 12.2 Å². The molecule has 2 heterocycles. The fourth-order valence-corrected chi connectivity index (χ4v) is 2.57. The zero-order valence-electron chi connectivity index (χ0n) is 14.8. The molecule has 0 bridgehead atoms. The highest BCUT2D eigenvalue weighted by Crippen LogP contribution is 2.17. The molecule has 1 amide bonds. The number of carbonyl (C=O) groups excluding carboxylic acids is 1. The van der Waals surface area contributed by atoms with Gasteiger partial charge in [0, 0.05) is 12.8 Å². The molecule has 0 unspecified atom stereocenters. The molecule has 0 spiro atoms. The first-order chi connectivity index (χ1) is 13.0. The van der Waals surface area contributed by atoms with Crippen molar-refractivity contribution in [1.82, 2.24) is 14.9 Å². The number of aromatic nitrogens is 2. The van der Waals surface area contributed by atoms with Crippen LogP contribution in [0.3, 0.4) is 0 Å². The molecule has 27 heavy (non-hydrogen) atoms. The summed E-state index contributed by atoms with van der Waals surface area (Å²) in [6.07, 6.45) is 3.51. The fraction of sp³-hybridized carbons (Fsp3) is 0.333. The molecule has 9 heteroatoms. The number of benzene rings is 1. The lowest BCUT2D eigenvalue weighted by atomic mass is 10.1. The number of nitrogens with zero attached hydrogens (tertiary/aromatic N) is 4. The Hall–Kier alpha value is -3.07. The van der Waals surface area contributed by atoms with Crippen LogP contribution in [-0.4, -0.2) is 53.0 Å². The normalized spacial score (nSPS) is 17.3. The largest absolute Gasteiger partial charge is 0.445 e. The first-order valence-electron chi connectivity index (χ1n) is 8.41. The summed E-state index contributed by atoms with van der Waals surface area (Å²) in [5, 5.41) is 0. The van der Waals surface area contributed by atoms with Crippen molar-refractivity contribution in [3.63, 3.8) is 0 Å². The Balaban J connectivity index is 1.56. The lowest BCUT2D eigenvalue weighted by molar-refractivity contribution is 0.00326. The first-order valence-corrected chi connectivity index (χ1v) is 8.41. The molecular weight excluding hydrogens is 353 g/mol. The van der Waals surface area contributed by atoms with Gasteiger partial charge in [-0.1, -0.05) is 12.1 Å². The van der Waals surface area contributed by atoms with E-state index in [4.69, 9.17) is 15.2 Å². The Kier molecular flexibility index (Phi) is 5.92. The van der Waals surface area contributed by atoms with E-state index in [0.717, 1.165) is 0 Å². The van der Waals surface area contributed by atoms with Gasteiger partial charge in [-0.15, -0.1) is 0 Å². The average Bonchev–Trinajstić information content (AvgIpc) is 2.68. The van der Waals surface area contributed by atoms with E-state index in [9.17, 15) is 9.18 Å². The molecule has 3 rings (SSSR count). The zero-order valence-corrected chi connectivity index (χ0v) is 14.8. The molecule has 2 aromatic rings. The molecule has 2 N–H and O–H groups in total. The van der Waals surface area contributed by atoms with E-state index in [0.29, 0.717) is 30.0 Å². The molecule has 1 atom stereocenters. The lowest BCUT2D eigenvalue weighted by Gasteiger charge is -2.30. The molecule has 0 saturated carbocycles. The summed E-state index contributed by atoms with van der Waals surface area (Å²) in [5.41, 5.74) is 7.25. The summed E-state index contributed by atoms with van der Waals surface area (Å²) < 4.78 is 24.5. The number of aliphatic imine (C=N–C) groups is 1. The summed E-state index contributed by atoms with van der Waals surface area (Å²) >= 11 is 0. The number of rotatable bonds is 4. The Morgan fingerprint density at radius 1 is 1.56 bits per heavy atom. The van der Waals surface area contributed by atoms with E-state index in [1.807, 2.05) is 0 Å². The predicted octanol–water partition coefficient (Wildman–Crippen LogP) is 2.25. The predicted molar refractivity (Wildman–Crippen MR) is 97.2 cm³/mol. The highest BCUT2D eigenvalue weighted by atomic mass is 19.1. The smallest absolute Gasteiger partial charge is 0.410 e. The van der Waals surface area contributed by atoms with Crippen molar-refractivity contribution < 1.29 is 18.7 Å². The number of nitrogen functional groups attached to an aromatic ring is 1. The molecule has 1 aliphatic heterocycles. The quantitative estimate of drug-likeness (QED) is 0.825. The van der Waals surface area contributed by atoms with Crippen molar-refractivity contribution in [1.29, 1.82) is 0 Å². The third kappa shape index (κ3) is 4.76. The minimum absolute atomic E-state index is 0.0103. The second-order valence-electron chi connectivity index (χ2n) is 6.01. The van der Waals surface area contributed by atoms with Crippen molar-refractivity contribution in [2.24, 2.45) is 4.99 Å². The van der Waals surface area contributed by atoms with E-state index in [1.165, 1.54) is 23.5 Å². The SMILES string of the molecule is Cc1c(F)cccc1COC(=O)N1CCO[C@H](C=Nc2cncnc2N)C1. The average molecular weight is 373 g/mol.